The topological polar surface area (TPSA) is 75.3 Å². The van der Waals surface area contributed by atoms with E-state index in [1.807, 2.05) is 0 Å². The zero-order valence-corrected chi connectivity index (χ0v) is 11.8. The van der Waals surface area contributed by atoms with Crippen molar-refractivity contribution < 1.29 is 9.90 Å². The van der Waals surface area contributed by atoms with E-state index in [9.17, 15) is 9.90 Å². The summed E-state index contributed by atoms with van der Waals surface area (Å²) >= 11 is 6.06. The first-order chi connectivity index (χ1) is 10.1. The fourth-order valence-corrected chi connectivity index (χ4v) is 1.86. The van der Waals surface area contributed by atoms with Crippen molar-refractivity contribution >= 4 is 23.2 Å². The molecule has 0 spiro atoms. The van der Waals surface area contributed by atoms with E-state index < -0.39 is 0 Å². The molecule has 2 rings (SSSR count). The molecule has 0 aliphatic heterocycles. The molecule has 2 aromatic carbocycles. The highest BCUT2D eigenvalue weighted by Gasteiger charge is 2.09. The van der Waals surface area contributed by atoms with Crippen molar-refractivity contribution in [2.45, 2.75) is 0 Å². The Morgan fingerprint density at radius 1 is 1.29 bits per heavy atom. The van der Waals surface area contributed by atoms with Crippen LogP contribution in [0.25, 0.3) is 0 Å². The number of aromatic hydroxyl groups is 1. The molecule has 0 fully saturated rings. The minimum Gasteiger partial charge on any atom is -0.508 e. The fourth-order valence-electron chi connectivity index (χ4n) is 1.69. The van der Waals surface area contributed by atoms with E-state index in [4.69, 9.17) is 17.3 Å². The molecule has 4 nitrogen and oxygen atoms in total. The van der Waals surface area contributed by atoms with Gasteiger partial charge in [0.1, 0.15) is 5.75 Å². The van der Waals surface area contributed by atoms with E-state index >= 15 is 0 Å². The van der Waals surface area contributed by atoms with E-state index in [0.717, 1.165) is 0 Å². The maximum absolute atomic E-state index is 12.1. The van der Waals surface area contributed by atoms with Crippen molar-refractivity contribution in [3.63, 3.8) is 0 Å². The van der Waals surface area contributed by atoms with Gasteiger partial charge in [-0.1, -0.05) is 29.5 Å². The molecular weight excluding hydrogens is 288 g/mol. The molecule has 0 aliphatic carbocycles. The Kier molecular flexibility index (Phi) is 4.83. The number of phenols is 1. The van der Waals surface area contributed by atoms with Crippen LogP contribution in [0.2, 0.25) is 5.02 Å². The van der Waals surface area contributed by atoms with Gasteiger partial charge in [0.2, 0.25) is 0 Å². The van der Waals surface area contributed by atoms with E-state index in [0.29, 0.717) is 21.8 Å². The van der Waals surface area contributed by atoms with Crippen LogP contribution in [0.5, 0.6) is 5.75 Å². The number of amides is 1. The summed E-state index contributed by atoms with van der Waals surface area (Å²) in [6, 6.07) is 11.1. The van der Waals surface area contributed by atoms with Gasteiger partial charge in [-0.2, -0.15) is 0 Å². The molecule has 0 unspecified atom stereocenters. The molecule has 0 bridgehead atoms. The maximum atomic E-state index is 12.1. The molecule has 0 saturated carbocycles. The first-order valence-electron chi connectivity index (χ1n) is 6.19. The van der Waals surface area contributed by atoms with Crippen LogP contribution >= 0.6 is 11.6 Å². The molecule has 21 heavy (non-hydrogen) atoms. The van der Waals surface area contributed by atoms with Crippen LogP contribution in [-0.2, 0) is 0 Å². The van der Waals surface area contributed by atoms with Crippen molar-refractivity contribution in [2.24, 2.45) is 5.73 Å². The normalized spacial score (nSPS) is 9.62. The summed E-state index contributed by atoms with van der Waals surface area (Å²) in [6.07, 6.45) is 0. The van der Waals surface area contributed by atoms with Crippen molar-refractivity contribution in [1.29, 1.82) is 0 Å². The zero-order valence-electron chi connectivity index (χ0n) is 11.1. The fraction of sp³-hybridized carbons (Fsp3) is 0.0625. The van der Waals surface area contributed by atoms with Gasteiger partial charge in [0, 0.05) is 11.1 Å². The number of rotatable bonds is 2. The Balaban J connectivity index is 2.24. The summed E-state index contributed by atoms with van der Waals surface area (Å²) in [6.45, 7) is 0.258. The highest BCUT2D eigenvalue weighted by atomic mass is 35.5. The summed E-state index contributed by atoms with van der Waals surface area (Å²) < 4.78 is 0. The number of nitrogens with one attached hydrogen (secondary N) is 1. The van der Waals surface area contributed by atoms with Gasteiger partial charge in [0.25, 0.3) is 5.91 Å². The van der Waals surface area contributed by atoms with Gasteiger partial charge < -0.3 is 16.2 Å². The SMILES string of the molecule is NCC#Cc1ccc(Cl)c(NC(=O)c2cccc(O)c2)c1. The second-order valence-electron chi connectivity index (χ2n) is 4.20. The number of carbonyl (C=O) groups is 1. The number of carbonyl (C=O) groups excluding carboxylic acids is 1. The molecule has 5 heteroatoms. The van der Waals surface area contributed by atoms with Crippen molar-refractivity contribution in [3.8, 4) is 17.6 Å². The molecule has 4 N–H and O–H groups in total. The van der Waals surface area contributed by atoms with Gasteiger partial charge in [-0.15, -0.1) is 0 Å². The van der Waals surface area contributed by atoms with Gasteiger partial charge in [0.15, 0.2) is 0 Å². The van der Waals surface area contributed by atoms with Gasteiger partial charge in [-0.05, 0) is 36.4 Å². The third-order valence-electron chi connectivity index (χ3n) is 2.66. The average molecular weight is 301 g/mol. The van der Waals surface area contributed by atoms with E-state index in [-0.39, 0.29) is 18.2 Å². The summed E-state index contributed by atoms with van der Waals surface area (Å²) in [5.74, 6) is 5.26. The molecule has 1 amide bonds. The molecule has 2 aromatic rings. The van der Waals surface area contributed by atoms with E-state index in [2.05, 4.69) is 17.2 Å². The number of halogens is 1. The molecule has 0 heterocycles. The Morgan fingerprint density at radius 2 is 2.10 bits per heavy atom. The van der Waals surface area contributed by atoms with Crippen molar-refractivity contribution in [1.82, 2.24) is 0 Å². The molecule has 0 atom stereocenters. The number of hydrogen-bond acceptors (Lipinski definition) is 3. The summed E-state index contributed by atoms with van der Waals surface area (Å²) in [4.78, 5) is 12.1. The standard InChI is InChI=1S/C16H13ClN2O2/c17-14-7-6-11(3-2-8-18)9-15(14)19-16(21)12-4-1-5-13(20)10-12/h1,4-7,9-10,20H,8,18H2,(H,19,21). The first kappa shape index (κ1) is 14.9. The van der Waals surface area contributed by atoms with Gasteiger partial charge in [-0.3, -0.25) is 4.79 Å². The largest absolute Gasteiger partial charge is 0.508 e. The molecule has 106 valence electrons. The van der Waals surface area contributed by atoms with Gasteiger partial charge in [-0.25, -0.2) is 0 Å². The third kappa shape index (κ3) is 3.99. The number of phenolic OH excluding ortho intramolecular Hbond substituents is 1. The minimum absolute atomic E-state index is 0.0244. The highest BCUT2D eigenvalue weighted by molar-refractivity contribution is 6.34. The second-order valence-corrected chi connectivity index (χ2v) is 4.61. The van der Waals surface area contributed by atoms with Crippen molar-refractivity contribution in [3.05, 3.63) is 58.6 Å². The lowest BCUT2D eigenvalue weighted by Gasteiger charge is -2.08. The van der Waals surface area contributed by atoms with Gasteiger partial charge >= 0.3 is 0 Å². The highest BCUT2D eigenvalue weighted by Crippen LogP contribution is 2.23. The molecule has 0 saturated heterocycles. The predicted molar refractivity (Wildman–Crippen MR) is 83.4 cm³/mol. The van der Waals surface area contributed by atoms with Crippen LogP contribution in [0.15, 0.2) is 42.5 Å². The first-order valence-corrected chi connectivity index (χ1v) is 6.57. The third-order valence-corrected chi connectivity index (χ3v) is 2.99. The lowest BCUT2D eigenvalue weighted by molar-refractivity contribution is 0.102. The quantitative estimate of drug-likeness (QED) is 0.746. The smallest absolute Gasteiger partial charge is 0.255 e. The Labute approximate surface area is 127 Å². The number of anilines is 1. The van der Waals surface area contributed by atoms with Crippen LogP contribution in [0.1, 0.15) is 15.9 Å². The molecule has 0 aromatic heterocycles. The summed E-state index contributed by atoms with van der Waals surface area (Å²) in [5, 5.41) is 12.5. The number of benzene rings is 2. The predicted octanol–water partition coefficient (Wildman–Crippen LogP) is 2.61. The van der Waals surface area contributed by atoms with E-state index in [1.165, 1.54) is 12.1 Å². The lowest BCUT2D eigenvalue weighted by atomic mass is 10.1. The number of hydrogen-bond donors (Lipinski definition) is 3. The summed E-state index contributed by atoms with van der Waals surface area (Å²) in [5.41, 5.74) is 6.82. The molecule has 0 radical (unpaired) electrons. The average Bonchev–Trinajstić information content (AvgIpc) is 2.48. The Morgan fingerprint density at radius 3 is 2.81 bits per heavy atom. The lowest BCUT2D eigenvalue weighted by Crippen LogP contribution is -2.12. The monoisotopic (exact) mass is 300 g/mol. The maximum Gasteiger partial charge on any atom is 0.255 e. The number of nitrogens with two attached hydrogens (primary N) is 1. The van der Waals surface area contributed by atoms with Crippen LogP contribution in [0, 0.1) is 11.8 Å². The van der Waals surface area contributed by atoms with Gasteiger partial charge in [0.05, 0.1) is 17.3 Å². The minimum atomic E-state index is -0.364. The second kappa shape index (κ2) is 6.80. The molecular formula is C16H13ClN2O2. The Hall–Kier alpha value is -2.48. The van der Waals surface area contributed by atoms with Crippen LogP contribution in [-0.4, -0.2) is 17.6 Å². The summed E-state index contributed by atoms with van der Waals surface area (Å²) in [7, 11) is 0. The van der Waals surface area contributed by atoms with E-state index in [1.54, 1.807) is 30.3 Å². The zero-order chi connectivity index (χ0) is 15.2. The van der Waals surface area contributed by atoms with Crippen LogP contribution in [0.3, 0.4) is 0 Å². The van der Waals surface area contributed by atoms with Crippen molar-refractivity contribution in [2.75, 3.05) is 11.9 Å². The molecule has 0 aliphatic rings. The van der Waals surface area contributed by atoms with Crippen LogP contribution < -0.4 is 11.1 Å². The van der Waals surface area contributed by atoms with Crippen LogP contribution in [0.4, 0.5) is 5.69 Å². The Bertz CT molecular complexity index is 733.